The smallest absolute Gasteiger partial charge is 0.253 e. The molecule has 2 atom stereocenters. The van der Waals surface area contributed by atoms with E-state index in [0.717, 1.165) is 25.1 Å². The van der Waals surface area contributed by atoms with E-state index in [2.05, 4.69) is 71.7 Å². The molecule has 1 saturated heterocycles. The molecule has 1 aliphatic rings. The number of nitrogens with zero attached hydrogens (tertiary/aromatic N) is 2. The summed E-state index contributed by atoms with van der Waals surface area (Å²) in [5.74, 6) is 0.0430. The van der Waals surface area contributed by atoms with Gasteiger partial charge in [0, 0.05) is 50.5 Å². The van der Waals surface area contributed by atoms with Crippen molar-refractivity contribution in [1.29, 1.82) is 0 Å². The Morgan fingerprint density at radius 3 is 2.52 bits per heavy atom. The maximum atomic E-state index is 12.1. The van der Waals surface area contributed by atoms with Crippen molar-refractivity contribution >= 4 is 22.4 Å². The Morgan fingerprint density at radius 2 is 1.76 bits per heavy atom. The molecule has 3 aromatic carbocycles. The predicted octanol–water partition coefficient (Wildman–Crippen LogP) is 4.47. The fraction of sp³-hybridized carbons (Fsp3) is 0.320. The minimum Gasteiger partial charge on any atom is -0.370 e. The first-order valence-corrected chi connectivity index (χ1v) is 10.3. The molecule has 1 heterocycles. The van der Waals surface area contributed by atoms with Crippen molar-refractivity contribution in [1.82, 2.24) is 10.2 Å². The van der Waals surface area contributed by atoms with Gasteiger partial charge in [-0.25, -0.2) is 0 Å². The van der Waals surface area contributed by atoms with Crippen molar-refractivity contribution in [3.05, 3.63) is 77.9 Å². The van der Waals surface area contributed by atoms with Gasteiger partial charge in [-0.05, 0) is 53.9 Å². The van der Waals surface area contributed by atoms with E-state index in [1.807, 2.05) is 12.1 Å². The van der Waals surface area contributed by atoms with E-state index in [4.69, 9.17) is 0 Å². The molecule has 0 bridgehead atoms. The van der Waals surface area contributed by atoms with Gasteiger partial charge in [0.05, 0.1) is 0 Å². The van der Waals surface area contributed by atoms with Crippen molar-refractivity contribution in [3.63, 3.8) is 0 Å². The highest BCUT2D eigenvalue weighted by Crippen LogP contribution is 2.27. The summed E-state index contributed by atoms with van der Waals surface area (Å²) >= 11 is 0. The van der Waals surface area contributed by atoms with Crippen LogP contribution in [0, 0.1) is 0 Å². The standard InChI is InChI=1S/C25H29N3O/c1-18(23-10-6-8-19-7-4-5-9-24(19)23)26-21-15-16-28(17-21)22-13-11-20(12-14-22)25(29)27(2)3/h4-14,18,21,26H,15-17H2,1-3H3/t18-,21+/m1/s1. The summed E-state index contributed by atoms with van der Waals surface area (Å²) in [5.41, 5.74) is 3.27. The van der Waals surface area contributed by atoms with Crippen LogP contribution in [0.5, 0.6) is 0 Å². The molecule has 0 saturated carbocycles. The van der Waals surface area contributed by atoms with Crippen LogP contribution in [0.15, 0.2) is 66.7 Å². The van der Waals surface area contributed by atoms with Crippen LogP contribution in [0.2, 0.25) is 0 Å². The van der Waals surface area contributed by atoms with Gasteiger partial charge in [-0.15, -0.1) is 0 Å². The Balaban J connectivity index is 1.41. The average Bonchev–Trinajstić information content (AvgIpc) is 3.21. The Bertz CT molecular complexity index is 991. The lowest BCUT2D eigenvalue weighted by atomic mass is 9.99. The number of anilines is 1. The highest BCUT2D eigenvalue weighted by Gasteiger charge is 2.24. The van der Waals surface area contributed by atoms with Crippen molar-refractivity contribution in [3.8, 4) is 0 Å². The third kappa shape index (κ3) is 4.13. The third-order valence-electron chi connectivity index (χ3n) is 5.85. The van der Waals surface area contributed by atoms with Crippen LogP contribution < -0.4 is 10.2 Å². The fourth-order valence-corrected chi connectivity index (χ4v) is 4.28. The van der Waals surface area contributed by atoms with Crippen LogP contribution in [-0.2, 0) is 0 Å². The van der Waals surface area contributed by atoms with Crippen molar-refractivity contribution in [2.45, 2.75) is 25.4 Å². The van der Waals surface area contributed by atoms with Gasteiger partial charge in [0.25, 0.3) is 5.91 Å². The second-order valence-electron chi connectivity index (χ2n) is 8.13. The number of nitrogens with one attached hydrogen (secondary N) is 1. The minimum atomic E-state index is 0.0430. The largest absolute Gasteiger partial charge is 0.370 e. The molecular weight excluding hydrogens is 358 g/mol. The number of carbonyl (C=O) groups excluding carboxylic acids is 1. The highest BCUT2D eigenvalue weighted by atomic mass is 16.2. The van der Waals surface area contributed by atoms with E-state index < -0.39 is 0 Å². The number of fused-ring (bicyclic) bond motifs is 1. The summed E-state index contributed by atoms with van der Waals surface area (Å²) in [6.07, 6.45) is 1.12. The molecule has 4 rings (SSSR count). The summed E-state index contributed by atoms with van der Waals surface area (Å²) < 4.78 is 0. The second kappa shape index (κ2) is 8.26. The van der Waals surface area contributed by atoms with Gasteiger partial charge in [0.2, 0.25) is 0 Å². The third-order valence-corrected chi connectivity index (χ3v) is 5.85. The molecule has 0 aromatic heterocycles. The normalized spacial score (nSPS) is 17.5. The van der Waals surface area contributed by atoms with Crippen molar-refractivity contribution in [2.75, 3.05) is 32.1 Å². The first kappa shape index (κ1) is 19.5. The molecule has 150 valence electrons. The molecule has 29 heavy (non-hydrogen) atoms. The number of amides is 1. The van der Waals surface area contributed by atoms with Crippen LogP contribution in [0.3, 0.4) is 0 Å². The molecule has 1 aliphatic heterocycles. The molecular formula is C25H29N3O. The summed E-state index contributed by atoms with van der Waals surface area (Å²) in [6, 6.07) is 23.9. The number of rotatable bonds is 5. The summed E-state index contributed by atoms with van der Waals surface area (Å²) in [6.45, 7) is 4.27. The van der Waals surface area contributed by atoms with Crippen LogP contribution >= 0.6 is 0 Å². The van der Waals surface area contributed by atoms with Crippen LogP contribution in [0.4, 0.5) is 5.69 Å². The minimum absolute atomic E-state index is 0.0430. The van der Waals surface area contributed by atoms with Gasteiger partial charge in [-0.1, -0.05) is 42.5 Å². The summed E-state index contributed by atoms with van der Waals surface area (Å²) in [4.78, 5) is 16.1. The van der Waals surface area contributed by atoms with E-state index in [9.17, 15) is 4.79 Å². The monoisotopic (exact) mass is 387 g/mol. The topological polar surface area (TPSA) is 35.6 Å². The molecule has 1 fully saturated rings. The molecule has 1 N–H and O–H groups in total. The SMILES string of the molecule is C[C@@H](N[C@H]1CCN(c2ccc(C(=O)N(C)C)cc2)C1)c1cccc2ccccc12. The number of hydrogen-bond acceptors (Lipinski definition) is 3. The predicted molar refractivity (Wildman–Crippen MR) is 121 cm³/mol. The average molecular weight is 388 g/mol. The van der Waals surface area contributed by atoms with Gasteiger partial charge < -0.3 is 15.1 Å². The highest BCUT2D eigenvalue weighted by molar-refractivity contribution is 5.94. The first-order chi connectivity index (χ1) is 14.0. The van der Waals surface area contributed by atoms with E-state index in [1.165, 1.54) is 22.0 Å². The van der Waals surface area contributed by atoms with Gasteiger partial charge in [-0.3, -0.25) is 4.79 Å². The number of benzene rings is 3. The summed E-state index contributed by atoms with van der Waals surface area (Å²) in [5, 5.41) is 6.44. The first-order valence-electron chi connectivity index (χ1n) is 10.3. The molecule has 1 amide bonds. The van der Waals surface area contributed by atoms with E-state index in [1.54, 1.807) is 19.0 Å². The molecule has 3 aromatic rings. The Hall–Kier alpha value is -2.85. The van der Waals surface area contributed by atoms with Gasteiger partial charge >= 0.3 is 0 Å². The van der Waals surface area contributed by atoms with Crippen LogP contribution in [-0.4, -0.2) is 44.0 Å². The van der Waals surface area contributed by atoms with E-state index >= 15 is 0 Å². The second-order valence-corrected chi connectivity index (χ2v) is 8.13. The molecule has 0 aliphatic carbocycles. The van der Waals surface area contributed by atoms with Crippen molar-refractivity contribution < 1.29 is 4.79 Å². The van der Waals surface area contributed by atoms with Crippen molar-refractivity contribution in [2.24, 2.45) is 0 Å². The molecule has 4 nitrogen and oxygen atoms in total. The van der Waals surface area contributed by atoms with Crippen LogP contribution in [0.25, 0.3) is 10.8 Å². The Kier molecular flexibility index (Phi) is 5.54. The quantitative estimate of drug-likeness (QED) is 0.702. The van der Waals surface area contributed by atoms with Crippen LogP contribution in [0.1, 0.15) is 35.3 Å². The fourth-order valence-electron chi connectivity index (χ4n) is 4.28. The van der Waals surface area contributed by atoms with E-state index in [0.29, 0.717) is 12.1 Å². The maximum Gasteiger partial charge on any atom is 0.253 e. The molecule has 0 spiro atoms. The lowest BCUT2D eigenvalue weighted by Gasteiger charge is -2.23. The molecule has 4 heteroatoms. The number of carbonyl (C=O) groups is 1. The number of hydrogen-bond donors (Lipinski definition) is 1. The molecule has 0 unspecified atom stereocenters. The van der Waals surface area contributed by atoms with E-state index in [-0.39, 0.29) is 5.91 Å². The summed E-state index contributed by atoms with van der Waals surface area (Å²) in [7, 11) is 3.56. The maximum absolute atomic E-state index is 12.1. The zero-order valence-electron chi connectivity index (χ0n) is 17.4. The lowest BCUT2D eigenvalue weighted by molar-refractivity contribution is 0.0827. The zero-order valence-corrected chi connectivity index (χ0v) is 17.4. The Labute approximate surface area is 173 Å². The van der Waals surface area contributed by atoms with Gasteiger partial charge in [0.15, 0.2) is 0 Å². The van der Waals surface area contributed by atoms with Gasteiger partial charge in [-0.2, -0.15) is 0 Å². The lowest BCUT2D eigenvalue weighted by Crippen LogP contribution is -2.34. The van der Waals surface area contributed by atoms with Gasteiger partial charge in [0.1, 0.15) is 0 Å². The Morgan fingerprint density at radius 1 is 1.03 bits per heavy atom. The molecule has 0 radical (unpaired) electrons. The zero-order chi connectivity index (χ0) is 20.4.